The van der Waals surface area contributed by atoms with E-state index in [0.717, 1.165) is 36.6 Å². The number of benzene rings is 2. The van der Waals surface area contributed by atoms with Crippen molar-refractivity contribution in [1.29, 1.82) is 0 Å². The smallest absolute Gasteiger partial charge is 0.141 e. The lowest BCUT2D eigenvalue weighted by Gasteiger charge is -2.33. The Morgan fingerprint density at radius 2 is 2.17 bits per heavy atom. The van der Waals surface area contributed by atoms with Crippen molar-refractivity contribution in [2.75, 3.05) is 32.2 Å². The molecule has 1 aliphatic heterocycles. The summed E-state index contributed by atoms with van der Waals surface area (Å²) >= 11 is 5.82. The average Bonchev–Trinajstić information content (AvgIpc) is 2.58. The first-order valence-corrected chi connectivity index (χ1v) is 7.81. The zero-order valence-electron chi connectivity index (χ0n) is 12.8. The van der Waals surface area contributed by atoms with Crippen LogP contribution in [0.25, 0.3) is 0 Å². The molecule has 121 valence electrons. The van der Waals surface area contributed by atoms with Crippen LogP contribution in [0, 0.1) is 5.82 Å². The summed E-state index contributed by atoms with van der Waals surface area (Å²) in [5.41, 5.74) is 5.15. The summed E-state index contributed by atoms with van der Waals surface area (Å²) < 4.78 is 18.5. The number of nitrogens with zero attached hydrogens (tertiary/aromatic N) is 2. The SMILES string of the molecule is COc1cccc(C2CN(Nc3ccc(F)c(Cl)c3)CC[N]2)c1. The minimum atomic E-state index is -0.417. The van der Waals surface area contributed by atoms with Gasteiger partial charge in [0.25, 0.3) is 0 Å². The minimum Gasteiger partial charge on any atom is -0.497 e. The van der Waals surface area contributed by atoms with Crippen LogP contribution in [0.15, 0.2) is 42.5 Å². The lowest BCUT2D eigenvalue weighted by Crippen LogP contribution is -2.45. The Kier molecular flexibility index (Phi) is 5.00. The van der Waals surface area contributed by atoms with E-state index in [1.807, 2.05) is 18.2 Å². The molecule has 2 aromatic carbocycles. The highest BCUT2D eigenvalue weighted by Gasteiger charge is 2.22. The summed E-state index contributed by atoms with van der Waals surface area (Å²) in [6.45, 7) is 2.24. The van der Waals surface area contributed by atoms with Crippen molar-refractivity contribution in [2.24, 2.45) is 0 Å². The second-order valence-corrected chi connectivity index (χ2v) is 5.79. The number of piperazine rings is 1. The van der Waals surface area contributed by atoms with Gasteiger partial charge in [0.05, 0.1) is 23.9 Å². The molecule has 3 rings (SSSR count). The largest absolute Gasteiger partial charge is 0.497 e. The van der Waals surface area contributed by atoms with Crippen LogP contribution in [-0.2, 0) is 0 Å². The third-order valence-corrected chi connectivity index (χ3v) is 4.09. The highest BCUT2D eigenvalue weighted by molar-refractivity contribution is 6.31. The quantitative estimate of drug-likeness (QED) is 0.930. The van der Waals surface area contributed by atoms with Crippen LogP contribution in [0.4, 0.5) is 10.1 Å². The number of halogens is 2. The summed E-state index contributed by atoms with van der Waals surface area (Å²) in [6, 6.07) is 12.6. The fraction of sp³-hybridized carbons (Fsp3) is 0.294. The molecule has 2 aromatic rings. The summed E-state index contributed by atoms with van der Waals surface area (Å²) in [4.78, 5) is 0. The predicted octanol–water partition coefficient (Wildman–Crippen LogP) is 3.48. The molecule has 1 atom stereocenters. The molecular formula is C17H18ClFN3O. The number of hydrazine groups is 1. The molecule has 23 heavy (non-hydrogen) atoms. The zero-order chi connectivity index (χ0) is 16.2. The maximum Gasteiger partial charge on any atom is 0.141 e. The van der Waals surface area contributed by atoms with Crippen LogP contribution >= 0.6 is 11.6 Å². The summed E-state index contributed by atoms with van der Waals surface area (Å²) in [6.07, 6.45) is 0. The minimum absolute atomic E-state index is 0.0715. The van der Waals surface area contributed by atoms with Crippen molar-refractivity contribution in [3.8, 4) is 5.75 Å². The highest BCUT2D eigenvalue weighted by Crippen LogP contribution is 2.24. The second-order valence-electron chi connectivity index (χ2n) is 5.39. The molecule has 0 aliphatic carbocycles. The monoisotopic (exact) mass is 334 g/mol. The van der Waals surface area contributed by atoms with Gasteiger partial charge >= 0.3 is 0 Å². The Balaban J connectivity index is 1.69. The zero-order valence-corrected chi connectivity index (χ0v) is 13.6. The first-order chi connectivity index (χ1) is 11.2. The van der Waals surface area contributed by atoms with Gasteiger partial charge in [-0.3, -0.25) is 0 Å². The lowest BCUT2D eigenvalue weighted by molar-refractivity contribution is 0.233. The Hall–Kier alpha value is -1.82. The fourth-order valence-electron chi connectivity index (χ4n) is 2.60. The number of anilines is 1. The van der Waals surface area contributed by atoms with Crippen molar-refractivity contribution in [1.82, 2.24) is 10.3 Å². The first-order valence-electron chi connectivity index (χ1n) is 7.43. The molecule has 4 nitrogen and oxygen atoms in total. The van der Waals surface area contributed by atoms with Crippen LogP contribution in [0.1, 0.15) is 11.6 Å². The maximum absolute atomic E-state index is 13.2. The topological polar surface area (TPSA) is 38.6 Å². The molecule has 1 heterocycles. The first kappa shape index (κ1) is 16.1. The van der Waals surface area contributed by atoms with E-state index in [2.05, 4.69) is 21.8 Å². The molecule has 0 saturated carbocycles. The molecular weight excluding hydrogens is 317 g/mol. The van der Waals surface area contributed by atoms with Crippen LogP contribution in [0.3, 0.4) is 0 Å². The van der Waals surface area contributed by atoms with Gasteiger partial charge in [0.2, 0.25) is 0 Å². The van der Waals surface area contributed by atoms with Gasteiger partial charge in [0.1, 0.15) is 11.6 Å². The number of methoxy groups -OCH3 is 1. The third kappa shape index (κ3) is 3.93. The second kappa shape index (κ2) is 7.17. The Morgan fingerprint density at radius 3 is 2.96 bits per heavy atom. The van der Waals surface area contributed by atoms with E-state index in [0.29, 0.717) is 0 Å². The molecule has 1 N–H and O–H groups in total. The van der Waals surface area contributed by atoms with Crippen molar-refractivity contribution >= 4 is 17.3 Å². The number of rotatable bonds is 4. The normalized spacial score (nSPS) is 18.7. The Bertz CT molecular complexity index is 683. The van der Waals surface area contributed by atoms with Crippen molar-refractivity contribution < 1.29 is 9.13 Å². The maximum atomic E-state index is 13.2. The summed E-state index contributed by atoms with van der Waals surface area (Å²) in [5.74, 6) is 0.410. The van der Waals surface area contributed by atoms with E-state index in [-0.39, 0.29) is 11.1 Å². The summed E-state index contributed by atoms with van der Waals surface area (Å²) in [7, 11) is 1.66. The van der Waals surface area contributed by atoms with Gasteiger partial charge in [0.15, 0.2) is 0 Å². The predicted molar refractivity (Wildman–Crippen MR) is 89.3 cm³/mol. The molecule has 0 bridgehead atoms. The molecule has 6 heteroatoms. The molecule has 1 aliphatic rings. The van der Waals surface area contributed by atoms with E-state index in [1.54, 1.807) is 19.2 Å². The fourth-order valence-corrected chi connectivity index (χ4v) is 2.78. The van der Waals surface area contributed by atoms with Gasteiger partial charge in [-0.15, -0.1) is 0 Å². The number of hydrogen-bond acceptors (Lipinski definition) is 3. The number of ether oxygens (including phenoxy) is 1. The lowest BCUT2D eigenvalue weighted by atomic mass is 10.0. The molecule has 0 amide bonds. The summed E-state index contributed by atoms with van der Waals surface area (Å²) in [5, 5.41) is 6.86. The van der Waals surface area contributed by atoms with Gasteiger partial charge in [-0.1, -0.05) is 23.7 Å². The number of hydrogen-bond donors (Lipinski definition) is 1. The van der Waals surface area contributed by atoms with Crippen molar-refractivity contribution in [3.63, 3.8) is 0 Å². The van der Waals surface area contributed by atoms with Crippen LogP contribution in [0.2, 0.25) is 5.02 Å². The highest BCUT2D eigenvalue weighted by atomic mass is 35.5. The standard InChI is InChI=1S/C17H18ClFN3O/c1-23-14-4-2-3-12(9-14)17-11-22(8-7-20-17)21-13-5-6-16(19)15(18)10-13/h2-6,9-10,17,21H,7-8,11H2,1H3. The molecule has 0 spiro atoms. The van der Waals surface area contributed by atoms with Crippen molar-refractivity contribution in [2.45, 2.75) is 6.04 Å². The molecule has 1 saturated heterocycles. The van der Waals surface area contributed by atoms with Crippen molar-refractivity contribution in [3.05, 3.63) is 58.9 Å². The van der Waals surface area contributed by atoms with Gasteiger partial charge in [-0.25, -0.2) is 14.7 Å². The van der Waals surface area contributed by atoms with Crippen LogP contribution in [0.5, 0.6) is 5.75 Å². The molecule has 1 unspecified atom stereocenters. The molecule has 1 radical (unpaired) electrons. The van der Waals surface area contributed by atoms with E-state index in [4.69, 9.17) is 16.3 Å². The van der Waals surface area contributed by atoms with Gasteiger partial charge in [-0.2, -0.15) is 0 Å². The van der Waals surface area contributed by atoms with Gasteiger partial charge in [0, 0.05) is 19.6 Å². The van der Waals surface area contributed by atoms with E-state index in [1.165, 1.54) is 6.07 Å². The average molecular weight is 335 g/mol. The molecule has 1 fully saturated rings. The number of nitrogens with one attached hydrogen (secondary N) is 1. The third-order valence-electron chi connectivity index (χ3n) is 3.80. The Morgan fingerprint density at radius 1 is 1.30 bits per heavy atom. The molecule has 0 aromatic heterocycles. The van der Waals surface area contributed by atoms with Crippen LogP contribution < -0.4 is 15.5 Å². The van der Waals surface area contributed by atoms with E-state index < -0.39 is 5.82 Å². The van der Waals surface area contributed by atoms with E-state index in [9.17, 15) is 4.39 Å². The van der Waals surface area contributed by atoms with Gasteiger partial charge < -0.3 is 10.2 Å². The van der Waals surface area contributed by atoms with Gasteiger partial charge in [-0.05, 0) is 35.9 Å². The Labute approximate surface area is 140 Å². The van der Waals surface area contributed by atoms with E-state index >= 15 is 0 Å². The van der Waals surface area contributed by atoms with Crippen LogP contribution in [-0.4, -0.2) is 31.8 Å².